The first-order valence-electron chi connectivity index (χ1n) is 4.52. The van der Waals surface area contributed by atoms with E-state index in [1.54, 1.807) is 0 Å². The van der Waals surface area contributed by atoms with Gasteiger partial charge in [-0.2, -0.15) is 12.6 Å². The molecule has 0 aliphatic heterocycles. The van der Waals surface area contributed by atoms with E-state index in [-0.39, 0.29) is 17.6 Å². The summed E-state index contributed by atoms with van der Waals surface area (Å²) in [6.07, 6.45) is 0. The van der Waals surface area contributed by atoms with Crippen LogP contribution in [-0.4, -0.2) is 30.3 Å². The van der Waals surface area contributed by atoms with Gasteiger partial charge in [0, 0.05) is 12.7 Å². The number of rotatable bonds is 5. The Balaban J connectivity index is 3.98. The molecule has 1 amide bonds. The molecule has 0 saturated carbocycles. The van der Waals surface area contributed by atoms with Gasteiger partial charge in [0.1, 0.15) is 6.04 Å². The monoisotopic (exact) mass is 219 g/mol. The maximum Gasteiger partial charge on any atom is 0.329 e. The zero-order chi connectivity index (χ0) is 11.1. The summed E-state index contributed by atoms with van der Waals surface area (Å²) in [4.78, 5) is 22.0. The van der Waals surface area contributed by atoms with Crippen LogP contribution in [0.1, 0.15) is 20.8 Å². The molecule has 0 aliphatic carbocycles. The van der Waals surface area contributed by atoms with Crippen LogP contribution in [0, 0.1) is 5.92 Å². The molecular weight excluding hydrogens is 202 g/mol. The number of carbonyl (C=O) groups is 2. The predicted octanol–water partition coefficient (Wildman–Crippen LogP) is 0.620. The van der Waals surface area contributed by atoms with Gasteiger partial charge in [0.2, 0.25) is 5.91 Å². The Morgan fingerprint density at radius 2 is 2.00 bits per heavy atom. The molecular formula is C9H17NO3S. The molecule has 82 valence electrons. The van der Waals surface area contributed by atoms with E-state index in [4.69, 9.17) is 4.74 Å². The summed E-state index contributed by atoms with van der Waals surface area (Å²) in [6, 6.07) is -0.644. The maximum absolute atomic E-state index is 11.3. The Morgan fingerprint density at radius 1 is 1.43 bits per heavy atom. The van der Waals surface area contributed by atoms with Crippen molar-refractivity contribution in [2.45, 2.75) is 26.8 Å². The Hall–Kier alpha value is -0.710. The van der Waals surface area contributed by atoms with Crippen LogP contribution >= 0.6 is 12.6 Å². The van der Waals surface area contributed by atoms with E-state index in [2.05, 4.69) is 17.9 Å². The minimum Gasteiger partial charge on any atom is -0.464 e. The van der Waals surface area contributed by atoms with Crippen molar-refractivity contribution in [1.29, 1.82) is 0 Å². The number of ether oxygens (including phenoxy) is 1. The fourth-order valence-electron chi connectivity index (χ4n) is 0.774. The number of amides is 1. The van der Waals surface area contributed by atoms with Gasteiger partial charge in [-0.3, -0.25) is 4.79 Å². The van der Waals surface area contributed by atoms with Gasteiger partial charge in [0.25, 0.3) is 0 Å². The Bertz CT molecular complexity index is 206. The molecule has 0 heterocycles. The van der Waals surface area contributed by atoms with Crippen LogP contribution in [0.15, 0.2) is 0 Å². The summed E-state index contributed by atoms with van der Waals surface area (Å²) < 4.78 is 4.95. The van der Waals surface area contributed by atoms with Gasteiger partial charge >= 0.3 is 5.97 Å². The SMILES string of the molecule is CC(=O)NC(CS)C(=O)OCC(C)C. The van der Waals surface area contributed by atoms with Crippen molar-refractivity contribution in [2.24, 2.45) is 5.92 Å². The minimum atomic E-state index is -0.644. The molecule has 14 heavy (non-hydrogen) atoms. The number of hydrogen-bond donors (Lipinski definition) is 2. The van der Waals surface area contributed by atoms with Gasteiger partial charge in [-0.05, 0) is 5.92 Å². The summed E-state index contributed by atoms with van der Waals surface area (Å²) in [5.41, 5.74) is 0. The van der Waals surface area contributed by atoms with E-state index in [1.165, 1.54) is 6.92 Å². The fourth-order valence-corrected chi connectivity index (χ4v) is 1.01. The van der Waals surface area contributed by atoms with Crippen LogP contribution in [0.3, 0.4) is 0 Å². The third kappa shape index (κ3) is 5.85. The quantitative estimate of drug-likeness (QED) is 0.526. The van der Waals surface area contributed by atoms with Crippen LogP contribution in [0.5, 0.6) is 0 Å². The molecule has 0 saturated heterocycles. The van der Waals surface area contributed by atoms with E-state index in [9.17, 15) is 9.59 Å². The average molecular weight is 219 g/mol. The normalized spacial score (nSPS) is 12.4. The molecule has 0 bridgehead atoms. The zero-order valence-electron chi connectivity index (χ0n) is 8.74. The first kappa shape index (κ1) is 13.3. The third-order valence-electron chi connectivity index (χ3n) is 1.40. The van der Waals surface area contributed by atoms with Crippen molar-refractivity contribution in [1.82, 2.24) is 5.32 Å². The predicted molar refractivity (Wildman–Crippen MR) is 57.3 cm³/mol. The lowest BCUT2D eigenvalue weighted by Gasteiger charge is -2.15. The molecule has 0 rings (SSSR count). The van der Waals surface area contributed by atoms with E-state index in [0.29, 0.717) is 6.61 Å². The van der Waals surface area contributed by atoms with E-state index >= 15 is 0 Å². The Morgan fingerprint density at radius 3 is 2.36 bits per heavy atom. The van der Waals surface area contributed by atoms with Gasteiger partial charge in [0.05, 0.1) is 6.61 Å². The summed E-state index contributed by atoms with van der Waals surface area (Å²) in [5.74, 6) is -0.150. The van der Waals surface area contributed by atoms with Crippen LogP contribution in [0.4, 0.5) is 0 Å². The highest BCUT2D eigenvalue weighted by atomic mass is 32.1. The lowest BCUT2D eigenvalue weighted by molar-refractivity contribution is -0.148. The number of hydrogen-bond acceptors (Lipinski definition) is 4. The topological polar surface area (TPSA) is 55.4 Å². The molecule has 0 fully saturated rings. The first-order chi connectivity index (χ1) is 6.47. The number of esters is 1. The smallest absolute Gasteiger partial charge is 0.329 e. The van der Waals surface area contributed by atoms with Crippen molar-refractivity contribution >= 4 is 24.5 Å². The van der Waals surface area contributed by atoms with Crippen molar-refractivity contribution in [3.63, 3.8) is 0 Å². The second-order valence-corrected chi connectivity index (χ2v) is 3.82. The number of thiol groups is 1. The summed E-state index contributed by atoms with van der Waals surface area (Å²) in [7, 11) is 0. The lowest BCUT2D eigenvalue weighted by atomic mass is 10.2. The maximum atomic E-state index is 11.3. The second-order valence-electron chi connectivity index (χ2n) is 3.46. The third-order valence-corrected chi connectivity index (χ3v) is 1.77. The molecule has 4 nitrogen and oxygen atoms in total. The largest absolute Gasteiger partial charge is 0.464 e. The van der Waals surface area contributed by atoms with E-state index in [0.717, 1.165) is 0 Å². The van der Waals surface area contributed by atoms with Crippen molar-refractivity contribution < 1.29 is 14.3 Å². The number of carbonyl (C=O) groups excluding carboxylic acids is 2. The second kappa shape index (κ2) is 6.70. The molecule has 1 atom stereocenters. The molecule has 0 aromatic rings. The lowest BCUT2D eigenvalue weighted by Crippen LogP contribution is -2.42. The first-order valence-corrected chi connectivity index (χ1v) is 5.15. The Kier molecular flexibility index (Phi) is 6.36. The molecule has 1 N–H and O–H groups in total. The molecule has 0 aromatic carbocycles. The molecule has 0 aliphatic rings. The molecule has 0 aromatic heterocycles. The van der Waals surface area contributed by atoms with Crippen LogP contribution < -0.4 is 5.32 Å². The highest BCUT2D eigenvalue weighted by Gasteiger charge is 2.19. The van der Waals surface area contributed by atoms with Gasteiger partial charge < -0.3 is 10.1 Å². The van der Waals surface area contributed by atoms with Crippen molar-refractivity contribution in [2.75, 3.05) is 12.4 Å². The molecule has 1 unspecified atom stereocenters. The highest BCUT2D eigenvalue weighted by Crippen LogP contribution is 1.97. The van der Waals surface area contributed by atoms with E-state index < -0.39 is 12.0 Å². The van der Waals surface area contributed by atoms with Crippen molar-refractivity contribution in [3.8, 4) is 0 Å². The van der Waals surface area contributed by atoms with Gasteiger partial charge in [-0.25, -0.2) is 4.79 Å². The zero-order valence-corrected chi connectivity index (χ0v) is 9.64. The summed E-state index contributed by atoms with van der Waals surface area (Å²) >= 11 is 3.96. The van der Waals surface area contributed by atoms with Crippen molar-refractivity contribution in [3.05, 3.63) is 0 Å². The molecule has 0 spiro atoms. The number of nitrogens with one attached hydrogen (secondary N) is 1. The molecule has 5 heteroatoms. The van der Waals surface area contributed by atoms with Gasteiger partial charge in [0.15, 0.2) is 0 Å². The Labute approximate surface area is 89.8 Å². The fraction of sp³-hybridized carbons (Fsp3) is 0.778. The summed E-state index contributed by atoms with van der Waals surface area (Å²) in [5, 5.41) is 2.46. The van der Waals surface area contributed by atoms with Crippen LogP contribution in [0.2, 0.25) is 0 Å². The standard InChI is InChI=1S/C9H17NO3S/c1-6(2)4-13-9(12)8(5-14)10-7(3)11/h6,8,14H,4-5H2,1-3H3,(H,10,11). The van der Waals surface area contributed by atoms with E-state index in [1.807, 2.05) is 13.8 Å². The van der Waals surface area contributed by atoms with Gasteiger partial charge in [-0.1, -0.05) is 13.8 Å². The van der Waals surface area contributed by atoms with Crippen LogP contribution in [0.25, 0.3) is 0 Å². The average Bonchev–Trinajstić information content (AvgIpc) is 2.09. The minimum absolute atomic E-state index is 0.247. The van der Waals surface area contributed by atoms with Gasteiger partial charge in [-0.15, -0.1) is 0 Å². The molecule has 0 radical (unpaired) electrons. The highest BCUT2D eigenvalue weighted by molar-refractivity contribution is 7.80. The summed E-state index contributed by atoms with van der Waals surface area (Å²) in [6.45, 7) is 5.61. The van der Waals surface area contributed by atoms with Crippen LogP contribution in [-0.2, 0) is 14.3 Å².